The van der Waals surface area contributed by atoms with Gasteiger partial charge in [0.15, 0.2) is 0 Å². The molecule has 1 aromatic carbocycles. The molecule has 1 N–H and O–H groups in total. The summed E-state index contributed by atoms with van der Waals surface area (Å²) in [5.74, 6) is -1.19. The van der Waals surface area contributed by atoms with E-state index in [9.17, 15) is 9.59 Å². The molecule has 0 saturated heterocycles. The van der Waals surface area contributed by atoms with Crippen LogP contribution in [-0.4, -0.2) is 29.7 Å². The molecule has 6 heteroatoms. The lowest BCUT2D eigenvalue weighted by Crippen LogP contribution is -2.17. The smallest absolute Gasteiger partial charge is 0.355 e. The van der Waals surface area contributed by atoms with Gasteiger partial charge in [-0.25, -0.2) is 9.59 Å². The van der Waals surface area contributed by atoms with E-state index in [1.807, 2.05) is 32.2 Å². The van der Waals surface area contributed by atoms with Crippen molar-refractivity contribution in [2.45, 2.75) is 27.7 Å². The summed E-state index contributed by atoms with van der Waals surface area (Å²) in [5, 5.41) is 4.13. The Bertz CT molecular complexity index is 834. The zero-order valence-electron chi connectivity index (χ0n) is 15.3. The molecule has 0 spiro atoms. The second kappa shape index (κ2) is 7.88. The van der Waals surface area contributed by atoms with E-state index >= 15 is 0 Å². The van der Waals surface area contributed by atoms with Crippen molar-refractivity contribution >= 4 is 28.5 Å². The average Bonchev–Trinajstić information content (AvgIpc) is 2.80. The van der Waals surface area contributed by atoms with Gasteiger partial charge in [0.25, 0.3) is 0 Å². The van der Waals surface area contributed by atoms with Crippen LogP contribution < -0.4 is 5.32 Å². The van der Waals surface area contributed by atoms with Gasteiger partial charge in [-0.3, -0.25) is 0 Å². The third-order valence-electron chi connectivity index (χ3n) is 4.13. The van der Waals surface area contributed by atoms with E-state index in [1.54, 1.807) is 13.8 Å². The monoisotopic (exact) mass is 344 g/mol. The van der Waals surface area contributed by atoms with Gasteiger partial charge in [0.1, 0.15) is 5.70 Å². The highest BCUT2D eigenvalue weighted by Crippen LogP contribution is 2.30. The van der Waals surface area contributed by atoms with Crippen LogP contribution in [0.5, 0.6) is 0 Å². The fourth-order valence-electron chi connectivity index (χ4n) is 2.72. The topological polar surface area (TPSA) is 69.6 Å². The van der Waals surface area contributed by atoms with Crippen LogP contribution in [0.1, 0.15) is 25.1 Å². The average molecular weight is 344 g/mol. The predicted molar refractivity (Wildman–Crippen MR) is 97.4 cm³/mol. The second-order valence-corrected chi connectivity index (χ2v) is 5.63. The molecule has 25 heavy (non-hydrogen) atoms. The number of aromatic nitrogens is 1. The van der Waals surface area contributed by atoms with Crippen LogP contribution in [0.15, 0.2) is 30.0 Å². The summed E-state index contributed by atoms with van der Waals surface area (Å²) >= 11 is 0. The first-order valence-corrected chi connectivity index (χ1v) is 8.27. The van der Waals surface area contributed by atoms with Crippen LogP contribution in [0.2, 0.25) is 0 Å². The molecule has 0 atom stereocenters. The standard InChI is InChI=1S/C19H24N2O4/c1-6-24-17(22)11-16(19(23)25-7-2)20-15-10-8-9-14-12(3)13(4)21(5)18(14)15/h8-11,20H,6-7H2,1-5H3/b16-11+. The number of hydrogen-bond donors (Lipinski definition) is 1. The highest BCUT2D eigenvalue weighted by molar-refractivity contribution is 6.02. The fraction of sp³-hybridized carbons (Fsp3) is 0.368. The molecular formula is C19H24N2O4. The first-order valence-electron chi connectivity index (χ1n) is 8.27. The van der Waals surface area contributed by atoms with E-state index < -0.39 is 11.9 Å². The summed E-state index contributed by atoms with van der Waals surface area (Å²) in [6, 6.07) is 5.80. The van der Waals surface area contributed by atoms with E-state index in [2.05, 4.69) is 16.8 Å². The maximum absolute atomic E-state index is 12.2. The molecule has 6 nitrogen and oxygen atoms in total. The van der Waals surface area contributed by atoms with Gasteiger partial charge in [0.2, 0.25) is 0 Å². The van der Waals surface area contributed by atoms with Crippen molar-refractivity contribution in [3.63, 3.8) is 0 Å². The van der Waals surface area contributed by atoms with E-state index in [4.69, 9.17) is 9.47 Å². The van der Waals surface area contributed by atoms with E-state index in [0.29, 0.717) is 0 Å². The Morgan fingerprint density at radius 3 is 2.48 bits per heavy atom. The number of ether oxygens (including phenoxy) is 2. The summed E-state index contributed by atoms with van der Waals surface area (Å²) < 4.78 is 12.0. The number of anilines is 1. The minimum absolute atomic E-state index is 0.0457. The Kier molecular flexibility index (Phi) is 5.85. The van der Waals surface area contributed by atoms with Gasteiger partial charge in [-0.2, -0.15) is 0 Å². The van der Waals surface area contributed by atoms with Crippen molar-refractivity contribution in [3.05, 3.63) is 41.2 Å². The van der Waals surface area contributed by atoms with Crippen molar-refractivity contribution in [2.24, 2.45) is 7.05 Å². The van der Waals surface area contributed by atoms with Crippen LogP contribution >= 0.6 is 0 Å². The van der Waals surface area contributed by atoms with Gasteiger partial charge in [-0.05, 0) is 39.3 Å². The number of carbonyl (C=O) groups is 2. The Morgan fingerprint density at radius 2 is 1.84 bits per heavy atom. The maximum atomic E-state index is 12.2. The van der Waals surface area contributed by atoms with Gasteiger partial charge in [-0.1, -0.05) is 12.1 Å². The summed E-state index contributed by atoms with van der Waals surface area (Å²) in [6.07, 6.45) is 1.13. The predicted octanol–water partition coefficient (Wildman–Crippen LogP) is 3.22. The Morgan fingerprint density at radius 1 is 1.16 bits per heavy atom. The van der Waals surface area contributed by atoms with Gasteiger partial charge < -0.3 is 19.4 Å². The third kappa shape index (κ3) is 3.84. The minimum Gasteiger partial charge on any atom is -0.463 e. The number of rotatable bonds is 6. The number of esters is 2. The van der Waals surface area contributed by atoms with Crippen molar-refractivity contribution in [2.75, 3.05) is 18.5 Å². The van der Waals surface area contributed by atoms with Crippen molar-refractivity contribution in [1.82, 2.24) is 4.57 Å². The first-order chi connectivity index (χ1) is 11.9. The quantitative estimate of drug-likeness (QED) is 0.644. The second-order valence-electron chi connectivity index (χ2n) is 5.63. The molecule has 1 heterocycles. The van der Waals surface area contributed by atoms with E-state index in [1.165, 1.54) is 5.56 Å². The van der Waals surface area contributed by atoms with E-state index in [-0.39, 0.29) is 18.9 Å². The number of para-hydroxylation sites is 1. The lowest BCUT2D eigenvalue weighted by molar-refractivity contribution is -0.140. The number of benzene rings is 1. The number of fused-ring (bicyclic) bond motifs is 1. The van der Waals surface area contributed by atoms with Crippen LogP contribution in [0.3, 0.4) is 0 Å². The van der Waals surface area contributed by atoms with Crippen molar-refractivity contribution in [3.8, 4) is 0 Å². The molecule has 0 amide bonds. The molecule has 0 aliphatic carbocycles. The normalized spacial score (nSPS) is 11.5. The molecule has 0 bridgehead atoms. The third-order valence-corrected chi connectivity index (χ3v) is 4.13. The Balaban J connectivity index is 2.49. The molecule has 1 aromatic heterocycles. The number of aryl methyl sites for hydroxylation is 2. The van der Waals surface area contributed by atoms with Gasteiger partial charge >= 0.3 is 11.9 Å². The van der Waals surface area contributed by atoms with Crippen molar-refractivity contribution < 1.29 is 19.1 Å². The lowest BCUT2D eigenvalue weighted by atomic mass is 10.1. The molecule has 2 rings (SSSR count). The minimum atomic E-state index is -0.602. The largest absolute Gasteiger partial charge is 0.463 e. The van der Waals surface area contributed by atoms with Crippen LogP contribution in [0, 0.1) is 13.8 Å². The molecule has 134 valence electrons. The van der Waals surface area contributed by atoms with Gasteiger partial charge in [0, 0.05) is 18.1 Å². The molecule has 0 radical (unpaired) electrons. The molecule has 0 fully saturated rings. The molecule has 0 aliphatic rings. The first kappa shape index (κ1) is 18.6. The number of hydrogen-bond acceptors (Lipinski definition) is 5. The summed E-state index contributed by atoms with van der Waals surface area (Å²) in [6.45, 7) is 7.97. The Labute approximate surface area is 147 Å². The highest BCUT2D eigenvalue weighted by Gasteiger charge is 2.17. The van der Waals surface area contributed by atoms with Crippen LogP contribution in [0.25, 0.3) is 10.9 Å². The molecule has 0 unspecified atom stereocenters. The molecule has 0 saturated carbocycles. The molecular weight excluding hydrogens is 320 g/mol. The highest BCUT2D eigenvalue weighted by atomic mass is 16.5. The van der Waals surface area contributed by atoms with Gasteiger partial charge in [-0.15, -0.1) is 0 Å². The van der Waals surface area contributed by atoms with Crippen molar-refractivity contribution in [1.29, 1.82) is 0 Å². The lowest BCUT2D eigenvalue weighted by Gasteiger charge is -2.12. The fourth-order valence-corrected chi connectivity index (χ4v) is 2.72. The SMILES string of the molecule is CCOC(=O)/C=C(/Nc1cccc2c(C)c(C)n(C)c12)C(=O)OCC. The zero-order chi connectivity index (χ0) is 18.6. The number of nitrogens with one attached hydrogen (secondary N) is 1. The van der Waals surface area contributed by atoms with E-state index in [0.717, 1.165) is 28.4 Å². The van der Waals surface area contributed by atoms with Crippen LogP contribution in [0.4, 0.5) is 5.69 Å². The summed E-state index contributed by atoms with van der Waals surface area (Å²) in [7, 11) is 1.97. The van der Waals surface area contributed by atoms with Crippen LogP contribution in [-0.2, 0) is 26.1 Å². The molecule has 0 aliphatic heterocycles. The Hall–Kier alpha value is -2.76. The number of nitrogens with zero attached hydrogens (tertiary/aromatic N) is 1. The maximum Gasteiger partial charge on any atom is 0.355 e. The number of carbonyl (C=O) groups excluding carboxylic acids is 2. The summed E-state index contributed by atoms with van der Waals surface area (Å²) in [5.41, 5.74) is 4.03. The molecule has 2 aromatic rings. The zero-order valence-corrected chi connectivity index (χ0v) is 15.3. The summed E-state index contributed by atoms with van der Waals surface area (Å²) in [4.78, 5) is 24.0. The van der Waals surface area contributed by atoms with Gasteiger partial charge in [0.05, 0.1) is 30.5 Å².